The number of sulfonamides is 1. The van der Waals surface area contributed by atoms with Crippen molar-refractivity contribution in [1.82, 2.24) is 19.6 Å². The fourth-order valence-corrected chi connectivity index (χ4v) is 2.06. The molecule has 108 valence electrons. The Labute approximate surface area is 117 Å². The summed E-state index contributed by atoms with van der Waals surface area (Å²) in [6.45, 7) is 0.435. The molecule has 0 aliphatic carbocycles. The van der Waals surface area contributed by atoms with E-state index in [1.165, 1.54) is 11.4 Å². The Morgan fingerprint density at radius 2 is 2.10 bits per heavy atom. The minimum atomic E-state index is -3.23. The standard InChI is InChI=1S/C12H16N4O3S/c1-16(20(2,18)19)8-7-13-12(17)11-14-9-5-3-4-6-10(9)15-11/h3-6H,7-8H2,1-2H3,(H,13,17)(H,14,15). The molecular weight excluding hydrogens is 280 g/mol. The van der Waals surface area contributed by atoms with Crippen LogP contribution in [0.15, 0.2) is 24.3 Å². The van der Waals surface area contributed by atoms with E-state index in [9.17, 15) is 13.2 Å². The van der Waals surface area contributed by atoms with Crippen LogP contribution in [0.25, 0.3) is 11.0 Å². The van der Waals surface area contributed by atoms with Gasteiger partial charge in [0, 0.05) is 20.1 Å². The predicted molar refractivity (Wildman–Crippen MR) is 75.9 cm³/mol. The van der Waals surface area contributed by atoms with Gasteiger partial charge in [-0.05, 0) is 12.1 Å². The second-order valence-corrected chi connectivity index (χ2v) is 6.53. The zero-order chi connectivity index (χ0) is 14.8. The first kappa shape index (κ1) is 14.5. The highest BCUT2D eigenvalue weighted by molar-refractivity contribution is 7.88. The Hall–Kier alpha value is -1.93. The SMILES string of the molecule is CN(CCNC(=O)c1nc2ccccc2[nH]1)S(C)(=O)=O. The van der Waals surface area contributed by atoms with E-state index in [1.807, 2.05) is 18.2 Å². The van der Waals surface area contributed by atoms with Crippen LogP contribution in [-0.4, -0.2) is 55.0 Å². The van der Waals surface area contributed by atoms with Crippen molar-refractivity contribution in [3.8, 4) is 0 Å². The monoisotopic (exact) mass is 296 g/mol. The van der Waals surface area contributed by atoms with Gasteiger partial charge in [-0.3, -0.25) is 4.79 Å². The van der Waals surface area contributed by atoms with Crippen LogP contribution >= 0.6 is 0 Å². The molecule has 0 aliphatic rings. The van der Waals surface area contributed by atoms with Gasteiger partial charge in [0.25, 0.3) is 5.91 Å². The van der Waals surface area contributed by atoms with Crippen LogP contribution in [0.5, 0.6) is 0 Å². The first-order valence-corrected chi connectivity index (χ1v) is 7.87. The molecule has 2 aromatic rings. The molecule has 0 atom stereocenters. The van der Waals surface area contributed by atoms with Gasteiger partial charge in [0.1, 0.15) is 0 Å². The largest absolute Gasteiger partial charge is 0.348 e. The van der Waals surface area contributed by atoms with Crippen molar-refractivity contribution in [2.45, 2.75) is 0 Å². The van der Waals surface area contributed by atoms with Gasteiger partial charge >= 0.3 is 0 Å². The second kappa shape index (κ2) is 5.59. The van der Waals surface area contributed by atoms with Crippen molar-refractivity contribution in [2.75, 3.05) is 26.4 Å². The lowest BCUT2D eigenvalue weighted by atomic mass is 10.3. The summed E-state index contributed by atoms with van der Waals surface area (Å²) >= 11 is 0. The molecule has 2 rings (SSSR count). The maximum absolute atomic E-state index is 11.9. The number of hydrogen-bond donors (Lipinski definition) is 2. The number of nitrogens with zero attached hydrogens (tertiary/aromatic N) is 2. The topological polar surface area (TPSA) is 95.2 Å². The summed E-state index contributed by atoms with van der Waals surface area (Å²) in [6, 6.07) is 7.33. The molecule has 0 aliphatic heterocycles. The van der Waals surface area contributed by atoms with E-state index in [-0.39, 0.29) is 24.8 Å². The predicted octanol–water partition coefficient (Wildman–Crippen LogP) is 0.184. The smallest absolute Gasteiger partial charge is 0.287 e. The van der Waals surface area contributed by atoms with Crippen molar-refractivity contribution >= 4 is 27.0 Å². The van der Waals surface area contributed by atoms with Gasteiger partial charge < -0.3 is 10.3 Å². The van der Waals surface area contributed by atoms with E-state index < -0.39 is 10.0 Å². The number of benzene rings is 1. The fourth-order valence-electron chi connectivity index (χ4n) is 1.64. The van der Waals surface area contributed by atoms with Crippen LogP contribution < -0.4 is 5.32 Å². The highest BCUT2D eigenvalue weighted by atomic mass is 32.2. The van der Waals surface area contributed by atoms with Crippen LogP contribution in [-0.2, 0) is 10.0 Å². The minimum absolute atomic E-state index is 0.213. The van der Waals surface area contributed by atoms with Gasteiger partial charge in [-0.25, -0.2) is 17.7 Å². The summed E-state index contributed by atoms with van der Waals surface area (Å²) in [7, 11) is -1.77. The van der Waals surface area contributed by atoms with Gasteiger partial charge in [-0.15, -0.1) is 0 Å². The summed E-state index contributed by atoms with van der Waals surface area (Å²) in [5.74, 6) is -0.142. The molecule has 0 bridgehead atoms. The molecule has 0 unspecified atom stereocenters. The van der Waals surface area contributed by atoms with Crippen LogP contribution in [0.3, 0.4) is 0 Å². The molecular formula is C12H16N4O3S. The number of para-hydroxylation sites is 2. The van der Waals surface area contributed by atoms with E-state index >= 15 is 0 Å². The zero-order valence-electron chi connectivity index (χ0n) is 11.3. The number of likely N-dealkylation sites (N-methyl/N-ethyl adjacent to an activating group) is 1. The van der Waals surface area contributed by atoms with Gasteiger partial charge in [-0.1, -0.05) is 12.1 Å². The number of nitrogens with one attached hydrogen (secondary N) is 2. The summed E-state index contributed by atoms with van der Waals surface area (Å²) in [5, 5.41) is 2.62. The third-order valence-corrected chi connectivity index (χ3v) is 4.20. The molecule has 1 aromatic carbocycles. The van der Waals surface area contributed by atoms with E-state index in [0.717, 1.165) is 11.8 Å². The molecule has 8 heteroatoms. The van der Waals surface area contributed by atoms with Crippen LogP contribution in [0.4, 0.5) is 0 Å². The number of rotatable bonds is 5. The molecule has 1 heterocycles. The maximum Gasteiger partial charge on any atom is 0.287 e. The molecule has 7 nitrogen and oxygen atoms in total. The number of carbonyl (C=O) groups is 1. The quantitative estimate of drug-likeness (QED) is 0.823. The Bertz CT molecular complexity index is 690. The van der Waals surface area contributed by atoms with Crippen LogP contribution in [0.2, 0.25) is 0 Å². The number of carbonyl (C=O) groups excluding carboxylic acids is 1. The minimum Gasteiger partial charge on any atom is -0.348 e. The van der Waals surface area contributed by atoms with E-state index in [2.05, 4.69) is 15.3 Å². The summed E-state index contributed by atoms with van der Waals surface area (Å²) in [4.78, 5) is 18.9. The molecule has 0 radical (unpaired) electrons. The van der Waals surface area contributed by atoms with Crippen LogP contribution in [0, 0.1) is 0 Å². The van der Waals surface area contributed by atoms with E-state index in [4.69, 9.17) is 0 Å². The number of hydrogen-bond acceptors (Lipinski definition) is 4. The molecule has 20 heavy (non-hydrogen) atoms. The Morgan fingerprint density at radius 1 is 1.40 bits per heavy atom. The Morgan fingerprint density at radius 3 is 2.75 bits per heavy atom. The molecule has 1 amide bonds. The van der Waals surface area contributed by atoms with Crippen molar-refractivity contribution < 1.29 is 13.2 Å². The van der Waals surface area contributed by atoms with Gasteiger partial charge in [0.15, 0.2) is 5.82 Å². The molecule has 0 spiro atoms. The summed E-state index contributed by atoms with van der Waals surface area (Å²) in [6.07, 6.45) is 1.12. The molecule has 0 saturated heterocycles. The number of fused-ring (bicyclic) bond motifs is 1. The van der Waals surface area contributed by atoms with Gasteiger partial charge in [0.05, 0.1) is 17.3 Å². The zero-order valence-corrected chi connectivity index (χ0v) is 12.1. The number of aromatic nitrogens is 2. The average molecular weight is 296 g/mol. The Balaban J connectivity index is 1.95. The lowest BCUT2D eigenvalue weighted by molar-refractivity contribution is 0.0943. The molecule has 0 fully saturated rings. The highest BCUT2D eigenvalue weighted by Crippen LogP contribution is 2.09. The van der Waals surface area contributed by atoms with Crippen LogP contribution in [0.1, 0.15) is 10.6 Å². The third kappa shape index (κ3) is 3.34. The Kier molecular flexibility index (Phi) is 4.05. The first-order valence-electron chi connectivity index (χ1n) is 6.02. The van der Waals surface area contributed by atoms with Crippen molar-refractivity contribution in [2.24, 2.45) is 0 Å². The number of H-pyrrole nitrogens is 1. The van der Waals surface area contributed by atoms with E-state index in [1.54, 1.807) is 6.07 Å². The molecule has 0 saturated carbocycles. The third-order valence-electron chi connectivity index (χ3n) is 2.88. The summed E-state index contributed by atoms with van der Waals surface area (Å²) < 4.78 is 23.6. The van der Waals surface area contributed by atoms with Crippen molar-refractivity contribution in [3.63, 3.8) is 0 Å². The normalized spacial score (nSPS) is 11.9. The van der Waals surface area contributed by atoms with Gasteiger partial charge in [0.2, 0.25) is 10.0 Å². The van der Waals surface area contributed by atoms with Crippen molar-refractivity contribution in [1.29, 1.82) is 0 Å². The second-order valence-electron chi connectivity index (χ2n) is 4.44. The molecule has 2 N–H and O–H groups in total. The van der Waals surface area contributed by atoms with Gasteiger partial charge in [-0.2, -0.15) is 0 Å². The maximum atomic E-state index is 11.9. The van der Waals surface area contributed by atoms with Crippen molar-refractivity contribution in [3.05, 3.63) is 30.1 Å². The molecule has 1 aromatic heterocycles. The van der Waals surface area contributed by atoms with E-state index in [0.29, 0.717) is 5.52 Å². The number of aromatic amines is 1. The fraction of sp³-hybridized carbons (Fsp3) is 0.333. The highest BCUT2D eigenvalue weighted by Gasteiger charge is 2.13. The summed E-state index contributed by atoms with van der Waals surface area (Å²) in [5.41, 5.74) is 1.50. The number of imidazole rings is 1. The first-order chi connectivity index (χ1) is 9.38. The average Bonchev–Trinajstić information content (AvgIpc) is 2.81. The number of amides is 1. The lowest BCUT2D eigenvalue weighted by Gasteiger charge is -2.13. The lowest BCUT2D eigenvalue weighted by Crippen LogP contribution is -2.35.